The maximum absolute atomic E-state index is 14.9. The fraction of sp³-hybridized carbons (Fsp3) is 0.312. The molecule has 0 spiro atoms. The summed E-state index contributed by atoms with van der Waals surface area (Å²) in [4.78, 5) is 3.72. The third-order valence-electron chi connectivity index (χ3n) is 3.71. The number of ether oxygens (including phenoxy) is 2. The quantitative estimate of drug-likeness (QED) is 0.411. The number of rotatable bonds is 6. The van der Waals surface area contributed by atoms with E-state index in [0.29, 0.717) is 23.8 Å². The largest absolute Gasteiger partial charge is 0.491 e. The van der Waals surface area contributed by atoms with E-state index in [1.165, 1.54) is 12.3 Å². The first-order valence-electron chi connectivity index (χ1n) is 7.03. The fourth-order valence-corrected chi connectivity index (χ4v) is 2.57. The number of hydrogen-bond donors (Lipinski definition) is 0. The van der Waals surface area contributed by atoms with Gasteiger partial charge in [-0.15, -0.1) is 0 Å². The number of epoxide rings is 1. The van der Waals surface area contributed by atoms with Crippen LogP contribution in [0, 0.1) is 11.6 Å². The van der Waals surface area contributed by atoms with Crippen LogP contribution in [0.4, 0.5) is 17.6 Å². The molecule has 0 saturated carbocycles. The van der Waals surface area contributed by atoms with Crippen molar-refractivity contribution in [2.24, 2.45) is 0 Å². The summed E-state index contributed by atoms with van der Waals surface area (Å²) in [6, 6.07) is 4.91. The summed E-state index contributed by atoms with van der Waals surface area (Å²) in [6.07, 6.45) is 1.17. The molecular formula is C16H12BrF4NO2. The van der Waals surface area contributed by atoms with Crippen LogP contribution in [0.3, 0.4) is 0 Å². The molecule has 1 unspecified atom stereocenters. The minimum atomic E-state index is -3.58. The molecule has 128 valence electrons. The summed E-state index contributed by atoms with van der Waals surface area (Å²) in [5.41, 5.74) is -3.14. The molecule has 3 rings (SSSR count). The molecule has 0 radical (unpaired) electrons. The zero-order chi connectivity index (χ0) is 17.4. The molecule has 1 saturated heterocycles. The maximum Gasteiger partial charge on any atom is 0.324 e. The van der Waals surface area contributed by atoms with Crippen LogP contribution in [0.5, 0.6) is 5.75 Å². The zero-order valence-corrected chi connectivity index (χ0v) is 13.8. The Bertz CT molecular complexity index is 735. The van der Waals surface area contributed by atoms with Gasteiger partial charge < -0.3 is 9.47 Å². The van der Waals surface area contributed by atoms with Crippen LogP contribution in [-0.4, -0.2) is 23.5 Å². The summed E-state index contributed by atoms with van der Waals surface area (Å²) >= 11 is 3.18. The van der Waals surface area contributed by atoms with E-state index < -0.39 is 34.4 Å². The molecule has 1 fully saturated rings. The molecule has 2 aromatic rings. The second-order valence-corrected chi connectivity index (χ2v) is 6.02. The van der Waals surface area contributed by atoms with Crippen molar-refractivity contribution in [1.82, 2.24) is 4.98 Å². The first-order chi connectivity index (χ1) is 11.4. The van der Waals surface area contributed by atoms with Gasteiger partial charge in [0, 0.05) is 17.0 Å². The fourth-order valence-electron chi connectivity index (χ4n) is 2.41. The van der Waals surface area contributed by atoms with E-state index in [9.17, 15) is 17.6 Å². The van der Waals surface area contributed by atoms with E-state index in [1.54, 1.807) is 0 Å². The van der Waals surface area contributed by atoms with Crippen molar-refractivity contribution in [1.29, 1.82) is 0 Å². The van der Waals surface area contributed by atoms with Gasteiger partial charge in [0.2, 0.25) is 0 Å². The number of pyridine rings is 1. The van der Waals surface area contributed by atoms with E-state index in [2.05, 4.69) is 20.9 Å². The molecule has 1 aliphatic rings. The molecule has 3 nitrogen and oxygen atoms in total. The van der Waals surface area contributed by atoms with Crippen molar-refractivity contribution in [2.75, 3.05) is 18.5 Å². The van der Waals surface area contributed by atoms with Gasteiger partial charge in [0.25, 0.3) is 0 Å². The lowest BCUT2D eigenvalue weighted by Crippen LogP contribution is -2.34. The van der Waals surface area contributed by atoms with Crippen molar-refractivity contribution in [3.05, 3.63) is 59.4 Å². The third-order valence-corrected chi connectivity index (χ3v) is 4.03. The molecule has 0 bridgehead atoms. The molecule has 0 N–H and O–H groups in total. The van der Waals surface area contributed by atoms with Crippen molar-refractivity contribution in [2.45, 2.75) is 11.5 Å². The molecule has 1 aliphatic heterocycles. The van der Waals surface area contributed by atoms with E-state index >= 15 is 0 Å². The standard InChI is InChI=1S/C16H12BrF4NO2/c17-5-6-23-11-2-4-14(22-8-11)16(20,21)15(9-24-15)12-3-1-10(18)7-13(12)19/h1-4,7-8H,5-6,9H2. The second kappa shape index (κ2) is 6.33. The lowest BCUT2D eigenvalue weighted by atomic mass is 9.90. The van der Waals surface area contributed by atoms with Crippen LogP contribution in [0.1, 0.15) is 11.3 Å². The van der Waals surface area contributed by atoms with Crippen molar-refractivity contribution in [3.8, 4) is 5.75 Å². The van der Waals surface area contributed by atoms with Crippen LogP contribution in [0.2, 0.25) is 0 Å². The minimum Gasteiger partial charge on any atom is -0.491 e. The Kier molecular flexibility index (Phi) is 4.52. The van der Waals surface area contributed by atoms with E-state index in [-0.39, 0.29) is 6.61 Å². The first-order valence-corrected chi connectivity index (χ1v) is 8.15. The lowest BCUT2D eigenvalue weighted by molar-refractivity contribution is -0.0902. The Balaban J connectivity index is 1.91. The number of aromatic nitrogens is 1. The predicted molar refractivity (Wildman–Crippen MR) is 81.4 cm³/mol. The third kappa shape index (κ3) is 2.88. The topological polar surface area (TPSA) is 34.6 Å². The Labute approximate surface area is 143 Å². The van der Waals surface area contributed by atoms with Crippen LogP contribution in [0.15, 0.2) is 36.5 Å². The smallest absolute Gasteiger partial charge is 0.324 e. The van der Waals surface area contributed by atoms with Crippen molar-refractivity contribution < 1.29 is 27.0 Å². The number of nitrogens with zero attached hydrogens (tertiary/aromatic N) is 1. The monoisotopic (exact) mass is 405 g/mol. The predicted octanol–water partition coefficient (Wildman–Crippen LogP) is 4.15. The summed E-state index contributed by atoms with van der Waals surface area (Å²) in [6.45, 7) is -0.0165. The van der Waals surface area contributed by atoms with E-state index in [4.69, 9.17) is 9.47 Å². The molecule has 1 aromatic heterocycles. The van der Waals surface area contributed by atoms with Gasteiger partial charge in [-0.2, -0.15) is 8.78 Å². The maximum atomic E-state index is 14.9. The van der Waals surface area contributed by atoms with Gasteiger partial charge in [-0.25, -0.2) is 8.78 Å². The van der Waals surface area contributed by atoms with Gasteiger partial charge in [0.15, 0.2) is 5.60 Å². The summed E-state index contributed by atoms with van der Waals surface area (Å²) in [5, 5.41) is 0.589. The molecule has 0 amide bonds. The number of halogens is 5. The molecule has 2 heterocycles. The zero-order valence-electron chi connectivity index (χ0n) is 12.2. The average molecular weight is 406 g/mol. The molecule has 0 aliphatic carbocycles. The second-order valence-electron chi connectivity index (χ2n) is 5.23. The van der Waals surface area contributed by atoms with Gasteiger partial charge in [0.1, 0.15) is 23.1 Å². The number of alkyl halides is 3. The lowest BCUT2D eigenvalue weighted by Gasteiger charge is -2.24. The summed E-state index contributed by atoms with van der Waals surface area (Å²) < 4.78 is 66.8. The van der Waals surface area contributed by atoms with Gasteiger partial charge in [-0.3, -0.25) is 4.98 Å². The Morgan fingerprint density at radius 3 is 2.54 bits per heavy atom. The van der Waals surface area contributed by atoms with Crippen molar-refractivity contribution in [3.63, 3.8) is 0 Å². The number of benzene rings is 1. The normalized spacial score (nSPS) is 20.0. The van der Waals surface area contributed by atoms with Gasteiger partial charge in [-0.1, -0.05) is 15.9 Å². The number of hydrogen-bond acceptors (Lipinski definition) is 3. The Morgan fingerprint density at radius 1 is 1.25 bits per heavy atom. The Morgan fingerprint density at radius 2 is 2.00 bits per heavy atom. The van der Waals surface area contributed by atoms with Gasteiger partial charge in [0.05, 0.1) is 19.4 Å². The molecule has 1 atom stereocenters. The molecule has 8 heteroatoms. The van der Waals surface area contributed by atoms with E-state index in [1.807, 2.05) is 0 Å². The minimum absolute atomic E-state index is 0.340. The van der Waals surface area contributed by atoms with Crippen LogP contribution in [0.25, 0.3) is 0 Å². The molecule has 1 aromatic carbocycles. The highest BCUT2D eigenvalue weighted by Crippen LogP contribution is 2.56. The van der Waals surface area contributed by atoms with Crippen LogP contribution in [-0.2, 0) is 16.3 Å². The van der Waals surface area contributed by atoms with E-state index in [0.717, 1.165) is 18.2 Å². The SMILES string of the molecule is Fc1ccc(C2(C(F)(F)c3ccc(OCCBr)cn3)CO2)c(F)c1. The summed E-state index contributed by atoms with van der Waals surface area (Å²) in [5.74, 6) is -5.17. The van der Waals surface area contributed by atoms with Gasteiger partial charge >= 0.3 is 5.92 Å². The highest BCUT2D eigenvalue weighted by Gasteiger charge is 2.68. The van der Waals surface area contributed by atoms with Gasteiger partial charge in [-0.05, 0) is 24.3 Å². The molecule has 24 heavy (non-hydrogen) atoms. The highest BCUT2D eigenvalue weighted by atomic mass is 79.9. The summed E-state index contributed by atoms with van der Waals surface area (Å²) in [7, 11) is 0. The molecular weight excluding hydrogens is 394 g/mol. The van der Waals surface area contributed by atoms with Crippen LogP contribution < -0.4 is 4.74 Å². The first kappa shape index (κ1) is 17.2. The van der Waals surface area contributed by atoms with Crippen LogP contribution >= 0.6 is 15.9 Å². The highest BCUT2D eigenvalue weighted by molar-refractivity contribution is 9.09. The average Bonchev–Trinajstić information content (AvgIpc) is 3.35. The van der Waals surface area contributed by atoms with Crippen molar-refractivity contribution >= 4 is 15.9 Å². The Hall–Kier alpha value is -1.67.